The van der Waals surface area contributed by atoms with Gasteiger partial charge >= 0.3 is 6.03 Å². The molecule has 1 spiro atoms. The van der Waals surface area contributed by atoms with Gasteiger partial charge < -0.3 is 15.0 Å². The average molecular weight is 246 g/mol. The summed E-state index contributed by atoms with van der Waals surface area (Å²) in [6.07, 6.45) is 1.06. The number of urea groups is 1. The van der Waals surface area contributed by atoms with E-state index in [2.05, 4.69) is 5.32 Å². The van der Waals surface area contributed by atoms with E-state index in [1.54, 1.807) is 0 Å². The lowest BCUT2D eigenvalue weighted by atomic mass is 9.83. The predicted molar refractivity (Wildman–Crippen MR) is 69.8 cm³/mol. The van der Waals surface area contributed by atoms with Crippen molar-refractivity contribution in [1.29, 1.82) is 0 Å². The summed E-state index contributed by atoms with van der Waals surface area (Å²) in [6.45, 7) is 6.24. The van der Waals surface area contributed by atoms with Gasteiger partial charge in [-0.3, -0.25) is 0 Å². The van der Waals surface area contributed by atoms with Crippen LogP contribution in [0.1, 0.15) is 17.5 Å². The fourth-order valence-electron chi connectivity index (χ4n) is 2.68. The number of aryl methyl sites for hydroxylation is 2. The lowest BCUT2D eigenvalue weighted by molar-refractivity contribution is -0.168. The summed E-state index contributed by atoms with van der Waals surface area (Å²) in [6, 6.07) is 6.04. The quantitative estimate of drug-likeness (QED) is 0.826. The van der Waals surface area contributed by atoms with Gasteiger partial charge in [0.25, 0.3) is 0 Å². The minimum absolute atomic E-state index is 0.000668. The highest BCUT2D eigenvalue weighted by molar-refractivity contribution is 5.92. The van der Waals surface area contributed by atoms with Gasteiger partial charge in [0.2, 0.25) is 0 Å². The van der Waals surface area contributed by atoms with Crippen molar-refractivity contribution in [1.82, 2.24) is 4.90 Å². The molecule has 3 rings (SSSR count). The van der Waals surface area contributed by atoms with E-state index in [4.69, 9.17) is 4.74 Å². The van der Waals surface area contributed by atoms with E-state index in [0.29, 0.717) is 13.2 Å². The molecule has 2 amide bonds. The second-order valence-corrected chi connectivity index (χ2v) is 5.32. The van der Waals surface area contributed by atoms with Crippen molar-refractivity contribution in [3.63, 3.8) is 0 Å². The summed E-state index contributed by atoms with van der Waals surface area (Å²) in [4.78, 5) is 14.2. The Morgan fingerprint density at radius 2 is 2.00 bits per heavy atom. The zero-order valence-electron chi connectivity index (χ0n) is 10.8. The lowest BCUT2D eigenvalue weighted by Crippen LogP contribution is -2.72. The molecule has 1 aromatic rings. The highest BCUT2D eigenvalue weighted by atomic mass is 16.5. The molecule has 2 fully saturated rings. The Kier molecular flexibility index (Phi) is 2.55. The summed E-state index contributed by atoms with van der Waals surface area (Å²) in [7, 11) is 0. The number of carbonyl (C=O) groups is 1. The fourth-order valence-corrected chi connectivity index (χ4v) is 2.68. The first kappa shape index (κ1) is 11.5. The molecule has 2 saturated heterocycles. The SMILES string of the molecule is Cc1cccc(C)c1NC(=O)N1CCC12COC2. The molecule has 1 N–H and O–H groups in total. The van der Waals surface area contributed by atoms with Gasteiger partial charge in [0, 0.05) is 12.2 Å². The summed E-state index contributed by atoms with van der Waals surface area (Å²) in [5.74, 6) is 0. The molecule has 1 aromatic carbocycles. The molecular weight excluding hydrogens is 228 g/mol. The number of hydrogen-bond donors (Lipinski definition) is 1. The van der Waals surface area contributed by atoms with Crippen LogP contribution in [-0.4, -0.2) is 36.2 Å². The molecule has 0 bridgehead atoms. The maximum atomic E-state index is 12.3. The van der Waals surface area contributed by atoms with Crippen molar-refractivity contribution < 1.29 is 9.53 Å². The van der Waals surface area contributed by atoms with Gasteiger partial charge in [0.15, 0.2) is 0 Å². The Morgan fingerprint density at radius 3 is 2.44 bits per heavy atom. The molecule has 0 atom stereocenters. The summed E-state index contributed by atoms with van der Waals surface area (Å²) in [5, 5.41) is 3.04. The maximum Gasteiger partial charge on any atom is 0.322 e. The third-order valence-corrected chi connectivity index (χ3v) is 4.07. The number of ether oxygens (including phenoxy) is 1. The van der Waals surface area contributed by atoms with Gasteiger partial charge in [0.05, 0.1) is 18.8 Å². The highest BCUT2D eigenvalue weighted by Gasteiger charge is 2.53. The van der Waals surface area contributed by atoms with Crippen LogP contribution in [0.25, 0.3) is 0 Å². The molecule has 96 valence electrons. The van der Waals surface area contributed by atoms with E-state index in [1.165, 1.54) is 0 Å². The largest absolute Gasteiger partial charge is 0.376 e. The number of nitrogens with zero attached hydrogens (tertiary/aromatic N) is 1. The van der Waals surface area contributed by atoms with Crippen LogP contribution in [0.5, 0.6) is 0 Å². The molecule has 0 radical (unpaired) electrons. The van der Waals surface area contributed by atoms with Crippen LogP contribution < -0.4 is 5.32 Å². The fraction of sp³-hybridized carbons (Fsp3) is 0.500. The number of para-hydroxylation sites is 1. The lowest BCUT2D eigenvalue weighted by Gasteiger charge is -2.57. The van der Waals surface area contributed by atoms with E-state index >= 15 is 0 Å². The van der Waals surface area contributed by atoms with Gasteiger partial charge in [-0.25, -0.2) is 4.79 Å². The van der Waals surface area contributed by atoms with E-state index < -0.39 is 0 Å². The van der Waals surface area contributed by atoms with Gasteiger partial charge in [-0.05, 0) is 31.4 Å². The summed E-state index contributed by atoms with van der Waals surface area (Å²) in [5.41, 5.74) is 3.14. The molecule has 0 aromatic heterocycles. The highest BCUT2D eigenvalue weighted by Crippen LogP contribution is 2.37. The number of hydrogen-bond acceptors (Lipinski definition) is 2. The minimum Gasteiger partial charge on any atom is -0.376 e. The van der Waals surface area contributed by atoms with Crippen LogP contribution in [0.2, 0.25) is 0 Å². The molecule has 4 heteroatoms. The monoisotopic (exact) mass is 246 g/mol. The third-order valence-electron chi connectivity index (χ3n) is 4.07. The number of anilines is 1. The van der Waals surface area contributed by atoms with Crippen LogP contribution >= 0.6 is 0 Å². The zero-order chi connectivity index (χ0) is 12.8. The number of rotatable bonds is 1. The molecule has 2 heterocycles. The number of carbonyl (C=O) groups excluding carboxylic acids is 1. The number of amides is 2. The summed E-state index contributed by atoms with van der Waals surface area (Å²) < 4.78 is 5.24. The first-order valence-electron chi connectivity index (χ1n) is 6.35. The Bertz CT molecular complexity index is 469. The molecule has 0 unspecified atom stereocenters. The van der Waals surface area contributed by atoms with Gasteiger partial charge in [-0.15, -0.1) is 0 Å². The van der Waals surface area contributed by atoms with Crippen molar-refractivity contribution in [3.05, 3.63) is 29.3 Å². The minimum atomic E-state index is 0.000668. The first-order valence-corrected chi connectivity index (χ1v) is 6.35. The van der Waals surface area contributed by atoms with E-state index in [9.17, 15) is 4.79 Å². The van der Waals surface area contributed by atoms with Crippen LogP contribution in [0.4, 0.5) is 10.5 Å². The normalized spacial score (nSPS) is 20.2. The topological polar surface area (TPSA) is 41.6 Å². The second kappa shape index (κ2) is 3.99. The molecule has 2 aliphatic heterocycles. The van der Waals surface area contributed by atoms with E-state index in [-0.39, 0.29) is 11.6 Å². The van der Waals surface area contributed by atoms with Crippen molar-refractivity contribution in [3.8, 4) is 0 Å². The third kappa shape index (κ3) is 1.60. The first-order chi connectivity index (χ1) is 8.62. The molecule has 4 nitrogen and oxygen atoms in total. The number of likely N-dealkylation sites (tertiary alicyclic amines) is 1. The zero-order valence-corrected chi connectivity index (χ0v) is 10.8. The molecule has 0 aliphatic carbocycles. The van der Waals surface area contributed by atoms with Crippen LogP contribution in [0.3, 0.4) is 0 Å². The van der Waals surface area contributed by atoms with Gasteiger partial charge in [-0.2, -0.15) is 0 Å². The maximum absolute atomic E-state index is 12.3. The Morgan fingerprint density at radius 1 is 1.33 bits per heavy atom. The Hall–Kier alpha value is -1.55. The second-order valence-electron chi connectivity index (χ2n) is 5.32. The van der Waals surface area contributed by atoms with E-state index in [1.807, 2.05) is 36.9 Å². The van der Waals surface area contributed by atoms with Gasteiger partial charge in [0.1, 0.15) is 0 Å². The van der Waals surface area contributed by atoms with Crippen LogP contribution in [0.15, 0.2) is 18.2 Å². The summed E-state index contributed by atoms with van der Waals surface area (Å²) >= 11 is 0. The van der Waals surface area contributed by atoms with E-state index in [0.717, 1.165) is 29.8 Å². The van der Waals surface area contributed by atoms with Crippen molar-refractivity contribution >= 4 is 11.7 Å². The molecule has 2 aliphatic rings. The Balaban J connectivity index is 1.75. The van der Waals surface area contributed by atoms with Crippen molar-refractivity contribution in [2.24, 2.45) is 0 Å². The molecular formula is C14H18N2O2. The number of benzene rings is 1. The standard InChI is InChI=1S/C14H18N2O2/c1-10-4-3-5-11(2)12(10)15-13(17)16-7-6-14(16)8-18-9-14/h3-5H,6-9H2,1-2H3,(H,15,17). The predicted octanol–water partition coefficient (Wildman–Crippen LogP) is 2.31. The number of nitrogens with one attached hydrogen (secondary N) is 1. The molecule has 18 heavy (non-hydrogen) atoms. The average Bonchev–Trinajstić information content (AvgIpc) is 2.20. The Labute approximate surface area is 107 Å². The van der Waals surface area contributed by atoms with Crippen LogP contribution in [-0.2, 0) is 4.74 Å². The smallest absolute Gasteiger partial charge is 0.322 e. The van der Waals surface area contributed by atoms with Crippen molar-refractivity contribution in [2.45, 2.75) is 25.8 Å². The van der Waals surface area contributed by atoms with Gasteiger partial charge in [-0.1, -0.05) is 18.2 Å². The van der Waals surface area contributed by atoms with Crippen LogP contribution in [0, 0.1) is 13.8 Å². The molecule has 0 saturated carbocycles. The van der Waals surface area contributed by atoms with Crippen molar-refractivity contribution in [2.75, 3.05) is 25.1 Å².